The van der Waals surface area contributed by atoms with E-state index in [-0.39, 0.29) is 12.0 Å². The summed E-state index contributed by atoms with van der Waals surface area (Å²) in [6.07, 6.45) is 1.87. The summed E-state index contributed by atoms with van der Waals surface area (Å²) in [5.74, 6) is 0.166. The molecule has 0 aromatic rings. The van der Waals surface area contributed by atoms with Gasteiger partial charge in [-0.2, -0.15) is 0 Å². The Kier molecular flexibility index (Phi) is 7.08. The first-order valence-electron chi connectivity index (χ1n) is 8.71. The Labute approximate surface area is 134 Å². The highest BCUT2D eigenvalue weighted by Crippen LogP contribution is 2.10. The van der Waals surface area contributed by atoms with Crippen molar-refractivity contribution in [3.05, 3.63) is 0 Å². The molecular formula is C16H32N4O2. The Morgan fingerprint density at radius 3 is 2.23 bits per heavy atom. The van der Waals surface area contributed by atoms with Gasteiger partial charge in [0.1, 0.15) is 0 Å². The van der Waals surface area contributed by atoms with E-state index in [9.17, 15) is 9.90 Å². The minimum Gasteiger partial charge on any atom is -0.392 e. The Balaban J connectivity index is 1.62. The molecule has 2 saturated heterocycles. The summed E-state index contributed by atoms with van der Waals surface area (Å²) in [5.41, 5.74) is 0. The van der Waals surface area contributed by atoms with Crippen LogP contribution in [0, 0.1) is 0 Å². The molecule has 0 aliphatic carbocycles. The zero-order chi connectivity index (χ0) is 15.9. The molecule has 2 fully saturated rings. The molecule has 0 radical (unpaired) electrons. The van der Waals surface area contributed by atoms with Gasteiger partial charge in [-0.3, -0.25) is 14.6 Å². The zero-order valence-corrected chi connectivity index (χ0v) is 14.1. The van der Waals surface area contributed by atoms with Gasteiger partial charge in [-0.1, -0.05) is 6.92 Å². The molecule has 2 N–H and O–H groups in total. The summed E-state index contributed by atoms with van der Waals surface area (Å²) in [4.78, 5) is 19.1. The van der Waals surface area contributed by atoms with Gasteiger partial charge in [-0.15, -0.1) is 0 Å². The SMILES string of the molecule is CCN1CCC(NC(=O)CN2CCN(CC(C)O)CC2)CC1. The Bertz CT molecular complexity index is 335. The molecular weight excluding hydrogens is 280 g/mol. The van der Waals surface area contributed by atoms with Crippen molar-refractivity contribution in [3.8, 4) is 0 Å². The molecule has 6 nitrogen and oxygen atoms in total. The van der Waals surface area contributed by atoms with E-state index in [2.05, 4.69) is 26.9 Å². The molecule has 0 bridgehead atoms. The van der Waals surface area contributed by atoms with Crippen molar-refractivity contribution in [2.75, 3.05) is 58.9 Å². The van der Waals surface area contributed by atoms with Crippen LogP contribution in [0.5, 0.6) is 0 Å². The van der Waals surface area contributed by atoms with Crippen molar-refractivity contribution >= 4 is 5.91 Å². The third-order valence-electron chi connectivity index (χ3n) is 4.75. The van der Waals surface area contributed by atoms with Crippen LogP contribution >= 0.6 is 0 Å². The Hall–Kier alpha value is -0.690. The van der Waals surface area contributed by atoms with Crippen molar-refractivity contribution in [2.45, 2.75) is 38.8 Å². The molecule has 2 rings (SSSR count). The van der Waals surface area contributed by atoms with Crippen molar-refractivity contribution < 1.29 is 9.90 Å². The number of nitrogens with one attached hydrogen (secondary N) is 1. The van der Waals surface area contributed by atoms with E-state index in [0.717, 1.165) is 65.2 Å². The number of piperazine rings is 1. The lowest BCUT2D eigenvalue weighted by atomic mass is 10.1. The zero-order valence-electron chi connectivity index (χ0n) is 14.1. The van der Waals surface area contributed by atoms with Crippen molar-refractivity contribution in [3.63, 3.8) is 0 Å². The molecule has 2 heterocycles. The summed E-state index contributed by atoms with van der Waals surface area (Å²) in [6, 6.07) is 0.354. The van der Waals surface area contributed by atoms with Crippen LogP contribution in [0.2, 0.25) is 0 Å². The largest absolute Gasteiger partial charge is 0.392 e. The number of aliphatic hydroxyl groups is 1. The summed E-state index contributed by atoms with van der Waals surface area (Å²) in [7, 11) is 0. The number of carbonyl (C=O) groups excluding carboxylic acids is 1. The summed E-state index contributed by atoms with van der Waals surface area (Å²) in [6.45, 7) is 12.3. The standard InChI is InChI=1S/C16H32N4O2/c1-3-18-6-4-15(5-7-18)17-16(22)13-20-10-8-19(9-11-20)12-14(2)21/h14-15,21H,3-13H2,1-2H3,(H,17,22). The maximum absolute atomic E-state index is 12.2. The van der Waals surface area contributed by atoms with Gasteiger partial charge in [0.2, 0.25) is 5.91 Å². The first-order chi connectivity index (χ1) is 10.6. The fraction of sp³-hybridized carbons (Fsp3) is 0.938. The van der Waals surface area contributed by atoms with Gasteiger partial charge in [-0.25, -0.2) is 0 Å². The second-order valence-corrected chi connectivity index (χ2v) is 6.70. The minimum atomic E-state index is -0.274. The Morgan fingerprint density at radius 1 is 1.09 bits per heavy atom. The molecule has 1 unspecified atom stereocenters. The highest BCUT2D eigenvalue weighted by molar-refractivity contribution is 5.78. The topological polar surface area (TPSA) is 59.1 Å². The van der Waals surface area contributed by atoms with Crippen molar-refractivity contribution in [2.24, 2.45) is 0 Å². The van der Waals surface area contributed by atoms with Gasteiger partial charge >= 0.3 is 0 Å². The average Bonchev–Trinajstić information content (AvgIpc) is 2.49. The van der Waals surface area contributed by atoms with Crippen LogP contribution < -0.4 is 5.32 Å². The summed E-state index contributed by atoms with van der Waals surface area (Å²) >= 11 is 0. The number of carbonyl (C=O) groups is 1. The predicted octanol–water partition coefficient (Wildman–Crippen LogP) is -0.415. The molecule has 1 atom stereocenters. The number of aliphatic hydroxyl groups excluding tert-OH is 1. The van der Waals surface area contributed by atoms with Crippen LogP contribution in [0.15, 0.2) is 0 Å². The fourth-order valence-corrected chi connectivity index (χ4v) is 3.37. The van der Waals surface area contributed by atoms with Crippen LogP contribution in [0.3, 0.4) is 0 Å². The average molecular weight is 312 g/mol. The number of piperidine rings is 1. The van der Waals surface area contributed by atoms with E-state index >= 15 is 0 Å². The lowest BCUT2D eigenvalue weighted by Crippen LogP contribution is -2.52. The lowest BCUT2D eigenvalue weighted by molar-refractivity contribution is -0.123. The number of hydrogen-bond acceptors (Lipinski definition) is 5. The highest BCUT2D eigenvalue weighted by Gasteiger charge is 2.22. The normalized spacial score (nSPS) is 24.3. The number of amides is 1. The van der Waals surface area contributed by atoms with Gasteiger partial charge in [-0.05, 0) is 26.3 Å². The monoisotopic (exact) mass is 312 g/mol. The van der Waals surface area contributed by atoms with Crippen molar-refractivity contribution in [1.82, 2.24) is 20.0 Å². The van der Waals surface area contributed by atoms with Gasteiger partial charge in [0.15, 0.2) is 0 Å². The number of nitrogens with zero attached hydrogens (tertiary/aromatic N) is 3. The molecule has 2 aliphatic heterocycles. The summed E-state index contributed by atoms with van der Waals surface area (Å²) < 4.78 is 0. The Morgan fingerprint density at radius 2 is 1.68 bits per heavy atom. The lowest BCUT2D eigenvalue weighted by Gasteiger charge is -2.35. The first-order valence-corrected chi connectivity index (χ1v) is 8.71. The smallest absolute Gasteiger partial charge is 0.234 e. The predicted molar refractivity (Wildman–Crippen MR) is 87.8 cm³/mol. The summed E-state index contributed by atoms with van der Waals surface area (Å²) in [5, 5.41) is 12.6. The second kappa shape index (κ2) is 8.82. The molecule has 0 aromatic carbocycles. The number of rotatable bonds is 6. The van der Waals surface area contributed by atoms with E-state index in [1.54, 1.807) is 0 Å². The van der Waals surface area contributed by atoms with Crippen LogP contribution in [0.25, 0.3) is 0 Å². The third-order valence-corrected chi connectivity index (χ3v) is 4.75. The van der Waals surface area contributed by atoms with Crippen molar-refractivity contribution in [1.29, 1.82) is 0 Å². The molecule has 2 aliphatic rings. The molecule has 1 amide bonds. The van der Waals surface area contributed by atoms with Gasteiger partial charge in [0, 0.05) is 51.9 Å². The second-order valence-electron chi connectivity index (χ2n) is 6.70. The van der Waals surface area contributed by atoms with E-state index in [1.807, 2.05) is 6.92 Å². The van der Waals surface area contributed by atoms with Gasteiger partial charge in [0.05, 0.1) is 12.6 Å². The molecule has 22 heavy (non-hydrogen) atoms. The van der Waals surface area contributed by atoms with Gasteiger partial charge in [0.25, 0.3) is 0 Å². The molecule has 128 valence electrons. The molecule has 6 heteroatoms. The number of β-amino-alcohol motifs (C(OH)–C–C–N with tert-alkyl or cyclic N) is 1. The van der Waals surface area contributed by atoms with E-state index in [0.29, 0.717) is 12.6 Å². The van der Waals surface area contributed by atoms with Crippen LogP contribution in [0.1, 0.15) is 26.7 Å². The number of hydrogen-bond donors (Lipinski definition) is 2. The quantitative estimate of drug-likeness (QED) is 0.698. The fourth-order valence-electron chi connectivity index (χ4n) is 3.37. The minimum absolute atomic E-state index is 0.166. The maximum Gasteiger partial charge on any atom is 0.234 e. The van der Waals surface area contributed by atoms with Crippen LogP contribution in [-0.2, 0) is 4.79 Å². The van der Waals surface area contributed by atoms with E-state index < -0.39 is 0 Å². The highest BCUT2D eigenvalue weighted by atomic mass is 16.3. The van der Waals surface area contributed by atoms with Gasteiger partial charge < -0.3 is 15.3 Å². The van der Waals surface area contributed by atoms with E-state index in [1.165, 1.54) is 0 Å². The maximum atomic E-state index is 12.2. The molecule has 0 saturated carbocycles. The number of likely N-dealkylation sites (tertiary alicyclic amines) is 1. The van der Waals surface area contributed by atoms with Crippen LogP contribution in [0.4, 0.5) is 0 Å². The first kappa shape index (κ1) is 17.7. The molecule has 0 spiro atoms. The molecule has 0 aromatic heterocycles. The van der Waals surface area contributed by atoms with E-state index in [4.69, 9.17) is 0 Å². The third kappa shape index (κ3) is 5.83. The van der Waals surface area contributed by atoms with Crippen LogP contribution in [-0.4, -0.2) is 96.8 Å².